The van der Waals surface area contributed by atoms with E-state index >= 15 is 0 Å². The molecule has 2 aromatic rings. The fourth-order valence-electron chi connectivity index (χ4n) is 4.11. The summed E-state index contributed by atoms with van der Waals surface area (Å²) in [7, 11) is 0. The Bertz CT molecular complexity index is 818. The number of carbonyl (C=O) groups is 1. The van der Waals surface area contributed by atoms with Crippen LogP contribution in [0.1, 0.15) is 32.4 Å². The van der Waals surface area contributed by atoms with Gasteiger partial charge in [-0.15, -0.1) is 11.3 Å². The molecule has 2 aliphatic rings. The molecule has 1 N–H and O–H groups in total. The summed E-state index contributed by atoms with van der Waals surface area (Å²) in [5.74, 6) is 1.22. The number of imidazole rings is 1. The Labute approximate surface area is 176 Å². The van der Waals surface area contributed by atoms with Crippen LogP contribution in [0.4, 0.5) is 0 Å². The van der Waals surface area contributed by atoms with Gasteiger partial charge in [0.2, 0.25) is 5.91 Å². The number of nitrogens with one attached hydrogen (secondary N) is 1. The van der Waals surface area contributed by atoms with Crippen molar-refractivity contribution in [2.24, 2.45) is 4.99 Å². The first-order valence-electron chi connectivity index (χ1n) is 10.6. The van der Waals surface area contributed by atoms with E-state index in [-0.39, 0.29) is 11.9 Å². The number of nitrogens with zero attached hydrogens (tertiary/aromatic N) is 6. The minimum absolute atomic E-state index is 0.0340. The van der Waals surface area contributed by atoms with Crippen molar-refractivity contribution >= 4 is 28.2 Å². The Morgan fingerprint density at radius 1 is 1.21 bits per heavy atom. The molecule has 0 spiro atoms. The highest BCUT2D eigenvalue weighted by molar-refractivity contribution is 7.15. The van der Waals surface area contributed by atoms with Gasteiger partial charge in [-0.25, -0.2) is 9.98 Å². The van der Waals surface area contributed by atoms with Crippen molar-refractivity contribution in [3.63, 3.8) is 0 Å². The monoisotopic (exact) mass is 417 g/mol. The lowest BCUT2D eigenvalue weighted by Crippen LogP contribution is -2.57. The number of hydrogen-bond acceptors (Lipinski definition) is 5. The van der Waals surface area contributed by atoms with Gasteiger partial charge in [-0.1, -0.05) is 0 Å². The topological polar surface area (TPSA) is 68.5 Å². The molecular weight excluding hydrogens is 386 g/mol. The summed E-state index contributed by atoms with van der Waals surface area (Å²) >= 11 is 1.64. The van der Waals surface area contributed by atoms with Crippen LogP contribution in [0.5, 0.6) is 0 Å². The largest absolute Gasteiger partial charge is 0.357 e. The van der Waals surface area contributed by atoms with Gasteiger partial charge in [-0.3, -0.25) is 14.1 Å². The number of amides is 1. The second-order valence-electron chi connectivity index (χ2n) is 7.73. The minimum atomic E-state index is -0.0340. The van der Waals surface area contributed by atoms with Crippen molar-refractivity contribution in [2.75, 3.05) is 45.8 Å². The van der Waals surface area contributed by atoms with Crippen LogP contribution >= 0.6 is 11.3 Å². The second-order valence-corrected chi connectivity index (χ2v) is 8.60. The first-order valence-corrected chi connectivity index (χ1v) is 11.5. The molecule has 0 radical (unpaired) electrons. The number of rotatable bonds is 5. The minimum Gasteiger partial charge on any atom is -0.357 e. The molecule has 158 valence electrons. The van der Waals surface area contributed by atoms with E-state index in [1.54, 1.807) is 11.3 Å². The maximum absolute atomic E-state index is 12.7. The fourth-order valence-corrected chi connectivity index (χ4v) is 4.83. The summed E-state index contributed by atoms with van der Waals surface area (Å²) in [6.07, 6.45) is 6.35. The molecule has 1 atom stereocenters. The van der Waals surface area contributed by atoms with E-state index in [1.165, 1.54) is 0 Å². The first-order chi connectivity index (χ1) is 14.2. The highest BCUT2D eigenvalue weighted by atomic mass is 32.1. The van der Waals surface area contributed by atoms with E-state index in [0.29, 0.717) is 6.54 Å². The van der Waals surface area contributed by atoms with Crippen molar-refractivity contribution in [2.45, 2.75) is 39.3 Å². The van der Waals surface area contributed by atoms with Gasteiger partial charge in [0.15, 0.2) is 10.9 Å². The van der Waals surface area contributed by atoms with Gasteiger partial charge in [0.25, 0.3) is 0 Å². The second kappa shape index (κ2) is 9.13. The van der Waals surface area contributed by atoms with E-state index in [1.807, 2.05) is 27.1 Å². The van der Waals surface area contributed by atoms with Gasteiger partial charge in [-0.05, 0) is 26.7 Å². The van der Waals surface area contributed by atoms with Gasteiger partial charge >= 0.3 is 0 Å². The number of thiazole rings is 1. The first kappa shape index (κ1) is 20.2. The Morgan fingerprint density at radius 3 is 2.66 bits per heavy atom. The van der Waals surface area contributed by atoms with E-state index < -0.39 is 0 Å². The quantitative estimate of drug-likeness (QED) is 0.590. The summed E-state index contributed by atoms with van der Waals surface area (Å²) < 4.78 is 2.04. The molecule has 4 heterocycles. The average molecular weight is 418 g/mol. The normalized spacial score (nSPS) is 19.9. The molecule has 1 amide bonds. The molecule has 2 aliphatic heterocycles. The Kier molecular flexibility index (Phi) is 6.34. The predicted molar refractivity (Wildman–Crippen MR) is 116 cm³/mol. The molecule has 4 rings (SSSR count). The van der Waals surface area contributed by atoms with Crippen LogP contribution in [0.2, 0.25) is 0 Å². The number of carbonyl (C=O) groups excluding carboxylic acids is 1. The molecule has 0 aliphatic carbocycles. The molecule has 0 aromatic carbocycles. The number of fused-ring (bicyclic) bond motifs is 1. The van der Waals surface area contributed by atoms with Crippen molar-refractivity contribution < 1.29 is 4.79 Å². The maximum Gasteiger partial charge on any atom is 0.239 e. The average Bonchev–Trinajstić information content (AvgIpc) is 3.48. The van der Waals surface area contributed by atoms with Gasteiger partial charge in [0.1, 0.15) is 0 Å². The van der Waals surface area contributed by atoms with Crippen molar-refractivity contribution in [3.8, 4) is 0 Å². The van der Waals surface area contributed by atoms with Crippen LogP contribution in [-0.2, 0) is 11.3 Å². The number of aliphatic imine (C=N–C) groups is 1. The predicted octanol–water partition coefficient (Wildman–Crippen LogP) is 1.49. The van der Waals surface area contributed by atoms with E-state index in [4.69, 9.17) is 4.99 Å². The van der Waals surface area contributed by atoms with Crippen LogP contribution < -0.4 is 5.32 Å². The van der Waals surface area contributed by atoms with Gasteiger partial charge in [-0.2, -0.15) is 0 Å². The van der Waals surface area contributed by atoms with Crippen LogP contribution in [-0.4, -0.2) is 87.8 Å². The SMILES string of the molecule is CCNC(=NCc1cn2ccsc2n1)N1CCN(C(C)C(=O)N2CCCC2)CC1. The molecule has 0 saturated carbocycles. The summed E-state index contributed by atoms with van der Waals surface area (Å²) in [6, 6.07) is -0.0340. The van der Waals surface area contributed by atoms with E-state index in [9.17, 15) is 4.79 Å². The molecule has 2 saturated heterocycles. The fraction of sp³-hybridized carbons (Fsp3) is 0.650. The molecule has 29 heavy (non-hydrogen) atoms. The molecule has 1 unspecified atom stereocenters. The lowest BCUT2D eigenvalue weighted by Gasteiger charge is -2.39. The summed E-state index contributed by atoms with van der Waals surface area (Å²) in [5, 5.41) is 5.45. The lowest BCUT2D eigenvalue weighted by atomic mass is 10.2. The number of likely N-dealkylation sites (tertiary alicyclic amines) is 1. The third-order valence-corrected chi connectivity index (χ3v) is 6.58. The van der Waals surface area contributed by atoms with Crippen LogP contribution in [0, 0.1) is 0 Å². The maximum atomic E-state index is 12.7. The van der Waals surface area contributed by atoms with Gasteiger partial charge < -0.3 is 15.1 Å². The molecule has 8 nitrogen and oxygen atoms in total. The van der Waals surface area contributed by atoms with Crippen LogP contribution in [0.15, 0.2) is 22.8 Å². The van der Waals surface area contributed by atoms with Crippen molar-refractivity contribution in [3.05, 3.63) is 23.5 Å². The third kappa shape index (κ3) is 4.56. The highest BCUT2D eigenvalue weighted by Gasteiger charge is 2.30. The smallest absolute Gasteiger partial charge is 0.239 e. The molecule has 9 heteroatoms. The van der Waals surface area contributed by atoms with Gasteiger partial charge in [0, 0.05) is 63.6 Å². The van der Waals surface area contributed by atoms with Crippen molar-refractivity contribution in [1.29, 1.82) is 0 Å². The zero-order valence-corrected chi connectivity index (χ0v) is 18.2. The number of hydrogen-bond donors (Lipinski definition) is 1. The van der Waals surface area contributed by atoms with Crippen LogP contribution in [0.3, 0.4) is 0 Å². The summed E-state index contributed by atoms with van der Waals surface area (Å²) in [5.41, 5.74) is 0.982. The number of guanidine groups is 1. The molecule has 2 aromatic heterocycles. The third-order valence-electron chi connectivity index (χ3n) is 5.81. The number of aromatic nitrogens is 2. The van der Waals surface area contributed by atoms with E-state index in [0.717, 1.165) is 75.3 Å². The molecular formula is C20H31N7OS. The number of piperazine rings is 1. The van der Waals surface area contributed by atoms with Crippen molar-refractivity contribution in [1.82, 2.24) is 29.4 Å². The summed E-state index contributed by atoms with van der Waals surface area (Å²) in [4.78, 5) is 29.8. The van der Waals surface area contributed by atoms with Gasteiger partial charge in [0.05, 0.1) is 18.3 Å². The Balaban J connectivity index is 1.34. The molecule has 2 fully saturated rings. The zero-order valence-electron chi connectivity index (χ0n) is 17.4. The Hall–Kier alpha value is -2.13. The lowest BCUT2D eigenvalue weighted by molar-refractivity contribution is -0.135. The standard InChI is InChI=1S/C20H31N7OS/c1-3-21-19(22-14-17-15-27-12-13-29-20(27)23-17)26-10-8-24(9-11-26)16(2)18(28)25-6-4-5-7-25/h12-13,15-16H,3-11,14H2,1-2H3,(H,21,22). The zero-order chi connectivity index (χ0) is 20.2. The highest BCUT2D eigenvalue weighted by Crippen LogP contribution is 2.15. The summed E-state index contributed by atoms with van der Waals surface area (Å²) in [6.45, 7) is 10.9. The molecule has 0 bridgehead atoms. The Morgan fingerprint density at radius 2 is 1.97 bits per heavy atom. The van der Waals surface area contributed by atoms with E-state index in [2.05, 4.69) is 33.9 Å². The van der Waals surface area contributed by atoms with Crippen LogP contribution in [0.25, 0.3) is 4.96 Å².